The van der Waals surface area contributed by atoms with Crippen molar-refractivity contribution in [3.05, 3.63) is 140 Å². The Balaban J connectivity index is 1.17. The zero-order valence-corrected chi connectivity index (χ0v) is 46.7. The molecule has 0 unspecified atom stereocenters. The van der Waals surface area contributed by atoms with Gasteiger partial charge in [-0.15, -0.1) is 0 Å². The number of benzene rings is 2. The van der Waals surface area contributed by atoms with Crippen LogP contribution in [0.4, 0.5) is 0 Å². The van der Waals surface area contributed by atoms with Crippen LogP contribution in [0.25, 0.3) is 23.3 Å². The molecule has 0 saturated heterocycles. The van der Waals surface area contributed by atoms with Gasteiger partial charge in [-0.3, -0.25) is 0 Å². The lowest BCUT2D eigenvalue weighted by molar-refractivity contribution is 0.0174. The van der Waals surface area contributed by atoms with E-state index in [1.54, 1.807) is 28.4 Å². The van der Waals surface area contributed by atoms with Gasteiger partial charge in [0.15, 0.2) is 0 Å². The van der Waals surface area contributed by atoms with Crippen LogP contribution < -0.4 is 40.3 Å². The number of aromatic amines is 4. The van der Waals surface area contributed by atoms with Gasteiger partial charge in [0.05, 0.1) is 132 Å². The number of methoxy groups -OCH3 is 4. The number of fused-ring (bicyclic) bond motifs is 8. The maximum Gasteiger partial charge on any atom is 0.123 e. The van der Waals surface area contributed by atoms with Crippen molar-refractivity contribution in [2.45, 2.75) is 0 Å². The molecule has 0 aliphatic carbocycles. The van der Waals surface area contributed by atoms with Crippen LogP contribution in [0.15, 0.2) is 84.9 Å². The van der Waals surface area contributed by atoms with Crippen molar-refractivity contribution in [2.24, 2.45) is 0 Å². The Bertz CT molecular complexity index is 2650. The molecule has 20 heteroatoms. The number of hydrogen-bond donors (Lipinski definition) is 4. The molecule has 0 saturated carbocycles. The average molecular weight is 1110 g/mol. The lowest BCUT2D eigenvalue weighted by Crippen LogP contribution is -2.16. The van der Waals surface area contributed by atoms with E-state index in [9.17, 15) is 0 Å². The first-order chi connectivity index (χ1) is 39.5. The van der Waals surface area contributed by atoms with E-state index in [1.165, 1.54) is 0 Å². The van der Waals surface area contributed by atoms with Gasteiger partial charge in [-0.05, 0) is 96.1 Å². The minimum atomic E-state index is 0.320. The third-order valence-corrected chi connectivity index (χ3v) is 12.1. The molecule has 436 valence electrons. The lowest BCUT2D eigenvalue weighted by Gasteiger charge is -2.14. The van der Waals surface area contributed by atoms with Crippen LogP contribution in [0, 0.1) is 0 Å². The summed E-state index contributed by atoms with van der Waals surface area (Å²) in [5.74, 6) is 2.49. The van der Waals surface area contributed by atoms with E-state index in [1.807, 2.05) is 36.4 Å². The Morgan fingerprint density at radius 2 is 0.550 bits per heavy atom. The lowest BCUT2D eigenvalue weighted by atomic mass is 10.0. The molecule has 20 nitrogen and oxygen atoms in total. The van der Waals surface area contributed by atoms with Crippen molar-refractivity contribution >= 4 is 23.3 Å². The summed E-state index contributed by atoms with van der Waals surface area (Å²) in [5, 5.41) is 3.52. The van der Waals surface area contributed by atoms with Gasteiger partial charge in [0.1, 0.15) is 49.4 Å². The van der Waals surface area contributed by atoms with Crippen LogP contribution in [0.2, 0.25) is 0 Å². The van der Waals surface area contributed by atoms with E-state index in [0.29, 0.717) is 182 Å². The van der Waals surface area contributed by atoms with Gasteiger partial charge < -0.3 is 95.7 Å². The second-order valence-electron chi connectivity index (χ2n) is 18.0. The number of nitrogens with one attached hydrogen (secondary N) is 4. The van der Waals surface area contributed by atoms with E-state index in [2.05, 4.69) is 80.6 Å². The van der Waals surface area contributed by atoms with Crippen LogP contribution in [0.1, 0.15) is 33.9 Å². The van der Waals surface area contributed by atoms with E-state index in [0.717, 1.165) is 66.4 Å². The second kappa shape index (κ2) is 36.2. The van der Waals surface area contributed by atoms with Crippen molar-refractivity contribution in [1.29, 1.82) is 0 Å². The molecule has 0 fully saturated rings. The Morgan fingerprint density at radius 1 is 0.275 bits per heavy atom. The third-order valence-electron chi connectivity index (χ3n) is 12.1. The van der Waals surface area contributed by atoms with Gasteiger partial charge in [-0.25, -0.2) is 0 Å². The molecule has 1 aliphatic rings. The number of ether oxygens (including phenoxy) is 16. The van der Waals surface area contributed by atoms with E-state index >= 15 is 0 Å². The number of hydrogen-bond acceptors (Lipinski definition) is 16. The summed E-state index contributed by atoms with van der Waals surface area (Å²) in [6.45, 7) is 10.6. The molecule has 0 atom stereocenters. The standard InChI is InChI=1S/C60H80N4O16/c1-65-13-17-69-21-25-73-29-33-77-51-37-45(38-52(43-51)78-34-30-74-26-22-70-18-14-66-2)59-55-9-5-47(61-55)41-49-7-11-57(63-49)60(58-12-8-50(64-58)42-48-6-10-56(59)62-48)46-39-53(79-35-31-75-27-23-71-19-15-67-3)44-54(40-46)80-36-32-76-28-24-72-20-16-68-4/h5-12,37-44,61-64H,13-36H2,1-4H3. The van der Waals surface area contributed by atoms with Gasteiger partial charge in [-0.1, -0.05) is 0 Å². The summed E-state index contributed by atoms with van der Waals surface area (Å²) in [5.41, 5.74) is 7.07. The summed E-state index contributed by atoms with van der Waals surface area (Å²) >= 11 is 0. The van der Waals surface area contributed by atoms with Crippen LogP contribution in [0.5, 0.6) is 23.0 Å². The zero-order chi connectivity index (χ0) is 55.7. The highest BCUT2D eigenvalue weighted by molar-refractivity contribution is 5.81. The Kier molecular flexibility index (Phi) is 27.8. The molecular formula is C60H80N4O16. The molecule has 0 amide bonds. The minimum absolute atomic E-state index is 0.320. The fraction of sp³-hybridized carbons (Fsp3) is 0.467. The Morgan fingerprint density at radius 3 is 0.838 bits per heavy atom. The topological polar surface area (TPSA) is 211 Å². The Labute approximate surface area is 467 Å². The first-order valence-corrected chi connectivity index (χ1v) is 27.1. The third kappa shape index (κ3) is 21.3. The largest absolute Gasteiger partial charge is 0.491 e. The molecule has 8 bridgehead atoms. The predicted molar refractivity (Wildman–Crippen MR) is 301 cm³/mol. The minimum Gasteiger partial charge on any atom is -0.491 e. The van der Waals surface area contributed by atoms with Gasteiger partial charge in [0, 0.05) is 95.9 Å². The number of aromatic nitrogens is 4. The fourth-order valence-electron chi connectivity index (χ4n) is 8.31. The predicted octanol–water partition coefficient (Wildman–Crippen LogP) is 3.70. The van der Waals surface area contributed by atoms with Gasteiger partial charge in [-0.2, -0.15) is 0 Å². The molecule has 5 heterocycles. The van der Waals surface area contributed by atoms with Crippen LogP contribution in [0.3, 0.4) is 0 Å². The molecule has 0 radical (unpaired) electrons. The van der Waals surface area contributed by atoms with E-state index in [-0.39, 0.29) is 0 Å². The molecule has 4 N–H and O–H groups in total. The maximum atomic E-state index is 6.33. The van der Waals surface area contributed by atoms with Crippen molar-refractivity contribution in [3.8, 4) is 23.0 Å². The van der Waals surface area contributed by atoms with Crippen molar-refractivity contribution < 1.29 is 75.8 Å². The molecule has 80 heavy (non-hydrogen) atoms. The molecular weight excluding hydrogens is 1030 g/mol. The summed E-state index contributed by atoms with van der Waals surface area (Å²) in [6.07, 6.45) is 4.17. The molecule has 6 aromatic rings. The zero-order valence-electron chi connectivity index (χ0n) is 46.7. The fourth-order valence-corrected chi connectivity index (χ4v) is 8.31. The number of rotatable bonds is 42. The molecule has 4 aromatic heterocycles. The maximum absolute atomic E-state index is 6.33. The number of H-pyrrole nitrogens is 4. The van der Waals surface area contributed by atoms with Gasteiger partial charge in [0.2, 0.25) is 0 Å². The smallest absolute Gasteiger partial charge is 0.123 e. The highest BCUT2D eigenvalue weighted by Crippen LogP contribution is 2.31. The second-order valence-corrected chi connectivity index (χ2v) is 18.0. The summed E-state index contributed by atoms with van der Waals surface area (Å²) in [7, 11) is 6.59. The van der Waals surface area contributed by atoms with Crippen molar-refractivity contribution in [2.75, 3.05) is 187 Å². The summed E-state index contributed by atoms with van der Waals surface area (Å²) in [6, 6.07) is 28.4. The molecule has 1 aliphatic heterocycles. The normalized spacial score (nSPS) is 12.2. The monoisotopic (exact) mass is 1110 g/mol. The first kappa shape index (κ1) is 61.4. The summed E-state index contributed by atoms with van der Waals surface area (Å²) in [4.78, 5) is 14.8. The van der Waals surface area contributed by atoms with E-state index < -0.39 is 0 Å². The molecule has 0 spiro atoms. The van der Waals surface area contributed by atoms with Crippen molar-refractivity contribution in [3.63, 3.8) is 0 Å². The Hall–Kier alpha value is -6.24. The average Bonchev–Trinajstić information content (AvgIpc) is 4.33. The molecule has 2 aromatic carbocycles. The summed E-state index contributed by atoms with van der Waals surface area (Å²) < 4.78 is 91.0. The van der Waals surface area contributed by atoms with Gasteiger partial charge >= 0.3 is 0 Å². The molecule has 7 rings (SSSR count). The highest BCUT2D eigenvalue weighted by atomic mass is 16.6. The SMILES string of the molecule is COCCOCCOCCOc1cc(OCCOCCOCCOC)cc(C2=c3ccc([nH]3)=Cc3ccc([nH]3)C(c3cc(OCCOCCOCCOC)cc(OCCOCCOCCOC)c3)=c3ccc([nH]3)=Cc3ccc2[nH]3)c1. The first-order valence-electron chi connectivity index (χ1n) is 27.1. The van der Waals surface area contributed by atoms with Crippen LogP contribution in [-0.2, 0) is 56.8 Å². The van der Waals surface area contributed by atoms with Crippen LogP contribution >= 0.6 is 0 Å². The van der Waals surface area contributed by atoms with Crippen LogP contribution in [-0.4, -0.2) is 207 Å². The van der Waals surface area contributed by atoms with Gasteiger partial charge in [0.25, 0.3) is 0 Å². The highest BCUT2D eigenvalue weighted by Gasteiger charge is 2.17. The quantitative estimate of drug-likeness (QED) is 0.0402. The van der Waals surface area contributed by atoms with E-state index in [4.69, 9.17) is 75.8 Å². The van der Waals surface area contributed by atoms with Crippen molar-refractivity contribution in [1.82, 2.24) is 19.9 Å².